The van der Waals surface area contributed by atoms with Crippen molar-refractivity contribution in [1.29, 1.82) is 0 Å². The van der Waals surface area contributed by atoms with Crippen molar-refractivity contribution in [3.63, 3.8) is 0 Å². The van der Waals surface area contributed by atoms with E-state index in [2.05, 4.69) is 10.3 Å². The van der Waals surface area contributed by atoms with E-state index in [1.54, 1.807) is 50.1 Å². The number of rotatable bonds is 5. The molecule has 10 heteroatoms. The topological polar surface area (TPSA) is 109 Å². The highest BCUT2D eigenvalue weighted by atomic mass is 32.2. The first-order chi connectivity index (χ1) is 15.4. The third-order valence-corrected chi connectivity index (χ3v) is 7.29. The number of hydrogen-bond donors (Lipinski definition) is 1. The number of hydrogen-bond acceptors (Lipinski definition) is 6. The van der Waals surface area contributed by atoms with Crippen LogP contribution >= 0.6 is 0 Å². The molecule has 2 heterocycles. The van der Waals surface area contributed by atoms with E-state index < -0.39 is 21.7 Å². The van der Waals surface area contributed by atoms with E-state index in [1.807, 2.05) is 19.9 Å². The maximum Gasteiger partial charge on any atom is 0.408 e. The lowest BCUT2D eigenvalue weighted by Crippen LogP contribution is -2.52. The number of piperazine rings is 1. The molecule has 2 amide bonds. The van der Waals surface area contributed by atoms with Gasteiger partial charge in [0.25, 0.3) is 0 Å². The zero-order valence-electron chi connectivity index (χ0n) is 19.8. The van der Waals surface area contributed by atoms with Crippen molar-refractivity contribution >= 4 is 32.8 Å². The predicted octanol–water partition coefficient (Wildman–Crippen LogP) is 2.72. The van der Waals surface area contributed by atoms with Crippen LogP contribution < -0.4 is 5.32 Å². The summed E-state index contributed by atoms with van der Waals surface area (Å²) < 4.78 is 33.4. The minimum Gasteiger partial charge on any atom is -0.444 e. The first-order valence-corrected chi connectivity index (χ1v) is 12.5. The summed E-state index contributed by atoms with van der Waals surface area (Å²) in [7, 11) is -3.75. The van der Waals surface area contributed by atoms with E-state index in [0.29, 0.717) is 5.39 Å². The third kappa shape index (κ3) is 5.80. The second kappa shape index (κ2) is 9.64. The fourth-order valence-electron chi connectivity index (χ4n) is 3.78. The number of ether oxygens (including phenoxy) is 1. The lowest BCUT2D eigenvalue weighted by atomic mass is 10.0. The van der Waals surface area contributed by atoms with E-state index in [-0.39, 0.29) is 49.4 Å². The molecule has 1 fully saturated rings. The second-order valence-electron chi connectivity index (χ2n) is 9.34. The summed E-state index contributed by atoms with van der Waals surface area (Å²) in [5.74, 6) is -0.119. The number of alkyl carbamates (subject to hydrolysis) is 1. The van der Waals surface area contributed by atoms with Crippen LogP contribution in [-0.2, 0) is 19.6 Å². The second-order valence-corrected chi connectivity index (χ2v) is 11.2. The quantitative estimate of drug-likeness (QED) is 0.711. The number of aromatic nitrogens is 1. The number of nitrogens with zero attached hydrogens (tertiary/aromatic N) is 3. The number of carbonyl (C=O) groups is 2. The number of sulfonamides is 1. The monoisotopic (exact) mass is 476 g/mol. The van der Waals surface area contributed by atoms with E-state index in [9.17, 15) is 18.0 Å². The predicted molar refractivity (Wildman–Crippen MR) is 125 cm³/mol. The Bertz CT molecular complexity index is 1130. The van der Waals surface area contributed by atoms with Gasteiger partial charge in [0, 0.05) is 43.1 Å². The Kier molecular flexibility index (Phi) is 7.28. The van der Waals surface area contributed by atoms with Crippen LogP contribution in [0.1, 0.15) is 46.2 Å². The van der Waals surface area contributed by atoms with Gasteiger partial charge in [-0.2, -0.15) is 4.31 Å². The largest absolute Gasteiger partial charge is 0.444 e. The van der Waals surface area contributed by atoms with Gasteiger partial charge in [-0.3, -0.25) is 9.78 Å². The molecule has 1 N–H and O–H groups in total. The van der Waals surface area contributed by atoms with Crippen molar-refractivity contribution in [3.05, 3.63) is 36.2 Å². The summed E-state index contributed by atoms with van der Waals surface area (Å²) in [6.07, 6.45) is 0.980. The molecule has 3 rings (SSSR count). The number of carbonyl (C=O) groups excluding carboxylic acids is 2. The molecule has 9 nitrogen and oxygen atoms in total. The molecule has 33 heavy (non-hydrogen) atoms. The number of nitrogens with one attached hydrogen (secondary N) is 1. The fraction of sp³-hybridized carbons (Fsp3) is 0.522. The summed E-state index contributed by atoms with van der Waals surface area (Å²) in [6.45, 7) is 9.93. The fourth-order valence-corrected chi connectivity index (χ4v) is 5.41. The lowest BCUT2D eigenvalue weighted by Gasteiger charge is -2.34. The van der Waals surface area contributed by atoms with E-state index in [0.717, 1.165) is 11.1 Å². The van der Waals surface area contributed by atoms with E-state index >= 15 is 0 Å². The maximum atomic E-state index is 13.4. The van der Waals surface area contributed by atoms with Crippen molar-refractivity contribution in [2.24, 2.45) is 0 Å². The Labute approximate surface area is 195 Å². The average Bonchev–Trinajstić information content (AvgIpc) is 2.75. The van der Waals surface area contributed by atoms with Gasteiger partial charge in [0.1, 0.15) is 12.1 Å². The molecule has 1 aliphatic rings. The molecule has 180 valence electrons. The van der Waals surface area contributed by atoms with Gasteiger partial charge in [0.15, 0.2) is 0 Å². The summed E-state index contributed by atoms with van der Waals surface area (Å²) in [6, 6.07) is 6.98. The van der Waals surface area contributed by atoms with E-state index in [1.165, 1.54) is 4.31 Å². The average molecular weight is 477 g/mol. The molecule has 1 aliphatic heterocycles. The van der Waals surface area contributed by atoms with Gasteiger partial charge in [0.2, 0.25) is 15.9 Å². The molecule has 1 aromatic carbocycles. The summed E-state index contributed by atoms with van der Waals surface area (Å²) in [5.41, 5.74) is 0.207. The Morgan fingerprint density at radius 1 is 1.09 bits per heavy atom. The highest BCUT2D eigenvalue weighted by molar-refractivity contribution is 7.89. The molecular weight excluding hydrogens is 444 g/mol. The van der Waals surface area contributed by atoms with Crippen LogP contribution in [0.25, 0.3) is 10.8 Å². The molecule has 1 aromatic heterocycles. The molecule has 0 aliphatic carbocycles. The first-order valence-electron chi connectivity index (χ1n) is 11.0. The molecule has 1 saturated heterocycles. The van der Waals surface area contributed by atoms with Crippen molar-refractivity contribution in [3.8, 4) is 0 Å². The van der Waals surface area contributed by atoms with Crippen LogP contribution in [0.4, 0.5) is 4.79 Å². The third-order valence-electron chi connectivity index (χ3n) is 5.34. The summed E-state index contributed by atoms with van der Waals surface area (Å²) >= 11 is 0. The zero-order chi connectivity index (χ0) is 24.4. The van der Waals surface area contributed by atoms with Crippen LogP contribution in [0.2, 0.25) is 0 Å². The smallest absolute Gasteiger partial charge is 0.408 e. The number of fused-ring (bicyclic) bond motifs is 1. The normalized spacial score (nSPS) is 15.6. The molecule has 0 bridgehead atoms. The summed E-state index contributed by atoms with van der Waals surface area (Å²) in [5, 5.41) is 3.93. The molecule has 0 saturated carbocycles. The number of benzene rings is 1. The minimum absolute atomic E-state index is 0.163. The van der Waals surface area contributed by atoms with Crippen LogP contribution in [0.3, 0.4) is 0 Å². The maximum absolute atomic E-state index is 13.4. The van der Waals surface area contributed by atoms with Crippen molar-refractivity contribution in [2.45, 2.75) is 51.0 Å². The molecule has 0 spiro atoms. The van der Waals surface area contributed by atoms with Crippen LogP contribution in [0.15, 0.2) is 35.4 Å². The summed E-state index contributed by atoms with van der Waals surface area (Å²) in [4.78, 5) is 30.4. The van der Waals surface area contributed by atoms with Crippen LogP contribution in [-0.4, -0.2) is 72.9 Å². The van der Waals surface area contributed by atoms with Crippen molar-refractivity contribution in [2.75, 3.05) is 32.7 Å². The first kappa shape index (κ1) is 24.9. The Morgan fingerprint density at radius 3 is 2.36 bits per heavy atom. The minimum atomic E-state index is -3.75. The van der Waals surface area contributed by atoms with Gasteiger partial charge in [-0.25, -0.2) is 13.2 Å². The number of amides is 2. The zero-order valence-corrected chi connectivity index (χ0v) is 20.6. The van der Waals surface area contributed by atoms with E-state index in [4.69, 9.17) is 4.74 Å². The van der Waals surface area contributed by atoms with Crippen LogP contribution in [0.5, 0.6) is 0 Å². The highest BCUT2D eigenvalue weighted by Crippen LogP contribution is 2.30. The van der Waals surface area contributed by atoms with Crippen LogP contribution in [0, 0.1) is 0 Å². The van der Waals surface area contributed by atoms with Gasteiger partial charge in [-0.1, -0.05) is 26.0 Å². The Hall–Kier alpha value is -2.72. The standard InChI is InChI=1S/C23H32N4O5S/c1-16(2)21-18-7-6-8-19(17(18)9-10-24-21)33(30,31)27-13-11-26(12-14-27)20(28)15-25-22(29)32-23(3,4)5/h6-10,16H,11-15H2,1-5H3,(H,25,29). The molecule has 0 unspecified atom stereocenters. The van der Waals surface area contributed by atoms with Crippen molar-refractivity contribution in [1.82, 2.24) is 19.5 Å². The van der Waals surface area contributed by atoms with Gasteiger partial charge >= 0.3 is 6.09 Å². The van der Waals surface area contributed by atoms with Gasteiger partial charge in [0.05, 0.1) is 10.6 Å². The Morgan fingerprint density at radius 2 is 1.76 bits per heavy atom. The van der Waals surface area contributed by atoms with Gasteiger partial charge in [-0.05, 0) is 38.8 Å². The Balaban J connectivity index is 1.68. The SMILES string of the molecule is CC(C)c1nccc2c(S(=O)(=O)N3CCN(C(=O)CNC(=O)OC(C)(C)C)CC3)cccc12. The van der Waals surface area contributed by atoms with Crippen molar-refractivity contribution < 1.29 is 22.7 Å². The highest BCUT2D eigenvalue weighted by Gasteiger charge is 2.31. The van der Waals surface area contributed by atoms with Gasteiger partial charge < -0.3 is 15.0 Å². The molecule has 0 radical (unpaired) electrons. The lowest BCUT2D eigenvalue weighted by molar-refractivity contribution is -0.131. The number of pyridine rings is 1. The van der Waals surface area contributed by atoms with Gasteiger partial charge in [-0.15, -0.1) is 0 Å². The molecule has 2 aromatic rings. The molecular formula is C23H32N4O5S. The molecule has 0 atom stereocenters.